The molecule has 0 fully saturated rings. The van der Waals surface area contributed by atoms with Crippen LogP contribution in [0, 0.1) is 0 Å². The normalized spacial score (nSPS) is 10.2. The molecule has 3 N–H and O–H groups in total. The molecule has 2 rings (SSSR count). The zero-order valence-corrected chi connectivity index (χ0v) is 13.8. The quantitative estimate of drug-likeness (QED) is 0.603. The number of anilines is 2. The lowest BCUT2D eigenvalue weighted by Gasteiger charge is -2.11. The predicted molar refractivity (Wildman–Crippen MR) is 89.1 cm³/mol. The summed E-state index contributed by atoms with van der Waals surface area (Å²) >= 11 is 15.3. The Hall–Kier alpha value is -1.43. The van der Waals surface area contributed by atoms with Gasteiger partial charge in [0.25, 0.3) is 5.91 Å². The Morgan fingerprint density at radius 3 is 2.62 bits per heavy atom. The van der Waals surface area contributed by atoms with E-state index in [1.807, 2.05) is 0 Å². The monoisotopic (exact) mass is 388 g/mol. The Morgan fingerprint density at radius 1 is 1.19 bits per heavy atom. The number of nitrogen functional groups attached to an aromatic ring is 1. The molecule has 0 atom stereocenters. The van der Waals surface area contributed by atoms with E-state index in [-0.39, 0.29) is 17.5 Å². The summed E-state index contributed by atoms with van der Waals surface area (Å²) in [4.78, 5) is 11.9. The number of nitrogens with two attached hydrogens (primary N) is 1. The predicted octanol–water partition coefficient (Wildman–Crippen LogP) is 4.36. The van der Waals surface area contributed by atoms with Crippen molar-refractivity contribution in [2.75, 3.05) is 17.7 Å². The molecule has 110 valence electrons. The van der Waals surface area contributed by atoms with E-state index in [2.05, 4.69) is 21.2 Å². The maximum absolute atomic E-state index is 11.9. The summed E-state index contributed by atoms with van der Waals surface area (Å²) < 4.78 is 6.00. The van der Waals surface area contributed by atoms with Gasteiger partial charge in [0.15, 0.2) is 6.61 Å². The van der Waals surface area contributed by atoms with Gasteiger partial charge in [-0.15, -0.1) is 0 Å². The molecule has 0 spiro atoms. The van der Waals surface area contributed by atoms with Crippen LogP contribution in [0.4, 0.5) is 11.4 Å². The lowest BCUT2D eigenvalue weighted by Crippen LogP contribution is -2.20. The van der Waals surface area contributed by atoms with Crippen molar-refractivity contribution in [3.05, 3.63) is 50.9 Å². The summed E-state index contributed by atoms with van der Waals surface area (Å²) in [6.45, 7) is -0.182. The molecular weight excluding hydrogens is 379 g/mol. The van der Waals surface area contributed by atoms with Gasteiger partial charge < -0.3 is 15.8 Å². The molecule has 0 aliphatic heterocycles. The van der Waals surface area contributed by atoms with Gasteiger partial charge in [0.05, 0.1) is 21.4 Å². The number of carbonyl (C=O) groups is 1. The first-order valence-electron chi connectivity index (χ1n) is 5.89. The van der Waals surface area contributed by atoms with Crippen LogP contribution in [0.5, 0.6) is 5.75 Å². The van der Waals surface area contributed by atoms with Crippen molar-refractivity contribution in [1.29, 1.82) is 0 Å². The standard InChI is InChI=1S/C14H11BrCl2N2O2/c15-8-5-6-10(14(17)13(8)16)19-12(20)7-21-11-4-2-1-3-9(11)18/h1-6H,7,18H2,(H,19,20). The van der Waals surface area contributed by atoms with Gasteiger partial charge in [0.1, 0.15) is 5.75 Å². The number of para-hydroxylation sites is 2. The highest BCUT2D eigenvalue weighted by Gasteiger charge is 2.12. The number of hydrogen-bond acceptors (Lipinski definition) is 3. The second-order valence-corrected chi connectivity index (χ2v) is 5.71. The summed E-state index contributed by atoms with van der Waals surface area (Å²) in [6.07, 6.45) is 0. The molecule has 21 heavy (non-hydrogen) atoms. The van der Waals surface area contributed by atoms with Gasteiger partial charge in [0, 0.05) is 4.47 Å². The van der Waals surface area contributed by atoms with Crippen LogP contribution >= 0.6 is 39.1 Å². The highest BCUT2D eigenvalue weighted by atomic mass is 79.9. The minimum Gasteiger partial charge on any atom is -0.482 e. The molecule has 0 radical (unpaired) electrons. The van der Waals surface area contributed by atoms with Crippen LogP contribution in [0.1, 0.15) is 0 Å². The third-order valence-corrected chi connectivity index (χ3v) is 4.36. The third kappa shape index (κ3) is 4.03. The van der Waals surface area contributed by atoms with E-state index >= 15 is 0 Å². The molecule has 0 saturated heterocycles. The van der Waals surface area contributed by atoms with Crippen molar-refractivity contribution < 1.29 is 9.53 Å². The summed E-state index contributed by atoms with van der Waals surface area (Å²) in [5.74, 6) is 0.0890. The summed E-state index contributed by atoms with van der Waals surface area (Å²) in [6, 6.07) is 10.3. The number of halogens is 3. The van der Waals surface area contributed by atoms with Crippen molar-refractivity contribution in [1.82, 2.24) is 0 Å². The van der Waals surface area contributed by atoms with Gasteiger partial charge in [-0.3, -0.25) is 4.79 Å². The molecule has 0 aliphatic rings. The average molecular weight is 390 g/mol. The van der Waals surface area contributed by atoms with Crippen molar-refractivity contribution >= 4 is 56.4 Å². The van der Waals surface area contributed by atoms with E-state index < -0.39 is 0 Å². The first-order valence-corrected chi connectivity index (χ1v) is 7.44. The van der Waals surface area contributed by atoms with E-state index in [4.69, 9.17) is 33.7 Å². The number of amides is 1. The number of rotatable bonds is 4. The number of carbonyl (C=O) groups excluding carboxylic acids is 1. The lowest BCUT2D eigenvalue weighted by atomic mass is 10.3. The molecule has 0 heterocycles. The summed E-state index contributed by atoms with van der Waals surface area (Å²) in [7, 11) is 0. The summed E-state index contributed by atoms with van der Waals surface area (Å²) in [5.41, 5.74) is 6.60. The van der Waals surface area contributed by atoms with Crippen molar-refractivity contribution in [2.24, 2.45) is 0 Å². The molecule has 0 unspecified atom stereocenters. The zero-order valence-electron chi connectivity index (χ0n) is 10.7. The number of ether oxygens (including phenoxy) is 1. The molecule has 0 aromatic heterocycles. The lowest BCUT2D eigenvalue weighted by molar-refractivity contribution is -0.118. The van der Waals surface area contributed by atoms with Gasteiger partial charge in [-0.2, -0.15) is 0 Å². The highest BCUT2D eigenvalue weighted by molar-refractivity contribution is 9.10. The fourth-order valence-corrected chi connectivity index (χ4v) is 2.39. The van der Waals surface area contributed by atoms with Crippen LogP contribution < -0.4 is 15.8 Å². The number of benzene rings is 2. The Kier molecular flexibility index (Phi) is 5.33. The minimum atomic E-state index is -0.362. The van der Waals surface area contributed by atoms with Crippen LogP contribution in [0.25, 0.3) is 0 Å². The zero-order chi connectivity index (χ0) is 15.4. The smallest absolute Gasteiger partial charge is 0.262 e. The topological polar surface area (TPSA) is 64.3 Å². The average Bonchev–Trinajstić information content (AvgIpc) is 2.47. The number of nitrogens with one attached hydrogen (secondary N) is 1. The SMILES string of the molecule is Nc1ccccc1OCC(=O)Nc1ccc(Br)c(Cl)c1Cl. The fraction of sp³-hybridized carbons (Fsp3) is 0.0714. The van der Waals surface area contributed by atoms with Gasteiger partial charge in [-0.05, 0) is 40.2 Å². The van der Waals surface area contributed by atoms with E-state index in [0.717, 1.165) is 0 Å². The van der Waals surface area contributed by atoms with E-state index in [9.17, 15) is 4.79 Å². The largest absolute Gasteiger partial charge is 0.482 e. The van der Waals surface area contributed by atoms with E-state index in [1.165, 1.54) is 0 Å². The highest BCUT2D eigenvalue weighted by Crippen LogP contribution is 2.35. The van der Waals surface area contributed by atoms with Crippen LogP contribution in [0.2, 0.25) is 10.0 Å². The fourth-order valence-electron chi connectivity index (χ4n) is 1.56. The van der Waals surface area contributed by atoms with Crippen LogP contribution in [-0.4, -0.2) is 12.5 Å². The Bertz CT molecular complexity index is 680. The van der Waals surface area contributed by atoms with Crippen LogP contribution in [0.3, 0.4) is 0 Å². The molecule has 1 amide bonds. The van der Waals surface area contributed by atoms with Crippen LogP contribution in [0.15, 0.2) is 40.9 Å². The molecule has 4 nitrogen and oxygen atoms in total. The Morgan fingerprint density at radius 2 is 1.90 bits per heavy atom. The second kappa shape index (κ2) is 7.02. The third-order valence-electron chi connectivity index (χ3n) is 2.59. The van der Waals surface area contributed by atoms with E-state index in [0.29, 0.717) is 26.6 Å². The van der Waals surface area contributed by atoms with Gasteiger partial charge in [0.2, 0.25) is 0 Å². The second-order valence-electron chi connectivity index (χ2n) is 4.10. The first-order chi connectivity index (χ1) is 9.99. The molecule has 2 aromatic carbocycles. The first kappa shape index (κ1) is 15.9. The molecule has 2 aromatic rings. The maximum Gasteiger partial charge on any atom is 0.262 e. The maximum atomic E-state index is 11.9. The minimum absolute atomic E-state index is 0.182. The molecule has 7 heteroatoms. The Labute approximate surface area is 140 Å². The van der Waals surface area contributed by atoms with Crippen LogP contribution in [-0.2, 0) is 4.79 Å². The van der Waals surface area contributed by atoms with E-state index in [1.54, 1.807) is 36.4 Å². The van der Waals surface area contributed by atoms with Gasteiger partial charge in [-0.1, -0.05) is 35.3 Å². The molecule has 0 bridgehead atoms. The van der Waals surface area contributed by atoms with Gasteiger partial charge in [-0.25, -0.2) is 0 Å². The van der Waals surface area contributed by atoms with Crippen molar-refractivity contribution in [3.8, 4) is 5.75 Å². The van der Waals surface area contributed by atoms with Crippen molar-refractivity contribution in [2.45, 2.75) is 0 Å². The summed E-state index contributed by atoms with van der Waals surface area (Å²) in [5, 5.41) is 3.22. The van der Waals surface area contributed by atoms with Crippen molar-refractivity contribution in [3.63, 3.8) is 0 Å². The molecule has 0 saturated carbocycles. The van der Waals surface area contributed by atoms with Gasteiger partial charge >= 0.3 is 0 Å². The number of hydrogen-bond donors (Lipinski definition) is 2. The Balaban J connectivity index is 2.00. The molecular formula is C14H11BrCl2N2O2. The molecule has 0 aliphatic carbocycles.